The summed E-state index contributed by atoms with van der Waals surface area (Å²) in [6.07, 6.45) is 3.55. The number of esters is 1. The molecule has 0 bridgehead atoms. The van der Waals surface area contributed by atoms with Crippen LogP contribution in [0, 0.1) is 10.1 Å². The van der Waals surface area contributed by atoms with Gasteiger partial charge in [0, 0.05) is 12.1 Å². The third-order valence-electron chi connectivity index (χ3n) is 3.94. The van der Waals surface area contributed by atoms with Crippen molar-refractivity contribution in [3.05, 3.63) is 74.4 Å². The smallest absolute Gasteiger partial charge is 0.363 e. The predicted molar refractivity (Wildman–Crippen MR) is 106 cm³/mol. The highest BCUT2D eigenvalue weighted by Crippen LogP contribution is 2.27. The molecule has 28 heavy (non-hydrogen) atoms. The average Bonchev–Trinajstić information content (AvgIpc) is 3.02. The number of unbranched alkanes of at least 4 members (excludes halogenated alkanes) is 1. The minimum atomic E-state index is -0.658. The van der Waals surface area contributed by atoms with Crippen molar-refractivity contribution in [2.45, 2.75) is 19.8 Å². The van der Waals surface area contributed by atoms with Crippen LogP contribution in [0.3, 0.4) is 0 Å². The molecule has 0 N–H and O–H groups in total. The van der Waals surface area contributed by atoms with E-state index in [2.05, 4.69) is 11.9 Å². The molecule has 1 aliphatic heterocycles. The number of carbonyl (C=O) groups excluding carboxylic acids is 1. The quantitative estimate of drug-likeness (QED) is 0.219. The minimum absolute atomic E-state index is 0.0692. The van der Waals surface area contributed by atoms with Gasteiger partial charge in [-0.3, -0.25) is 10.1 Å². The van der Waals surface area contributed by atoms with E-state index in [0.29, 0.717) is 12.4 Å². The van der Waals surface area contributed by atoms with Crippen molar-refractivity contribution in [1.29, 1.82) is 0 Å². The molecule has 0 atom stereocenters. The lowest BCUT2D eigenvalue weighted by atomic mass is 10.2. The molecule has 0 amide bonds. The Morgan fingerprint density at radius 3 is 2.86 bits per heavy atom. The van der Waals surface area contributed by atoms with Gasteiger partial charge in [0.05, 0.1) is 22.1 Å². The minimum Gasteiger partial charge on any atom is -0.494 e. The van der Waals surface area contributed by atoms with Crippen LogP contribution in [0.1, 0.15) is 30.9 Å². The highest BCUT2D eigenvalue weighted by atomic mass is 35.5. The monoisotopic (exact) mass is 400 g/mol. The molecule has 0 saturated heterocycles. The number of benzene rings is 2. The summed E-state index contributed by atoms with van der Waals surface area (Å²) in [5, 5.41) is 11.2. The van der Waals surface area contributed by atoms with E-state index in [1.807, 2.05) is 12.1 Å². The van der Waals surface area contributed by atoms with Gasteiger partial charge in [-0.2, -0.15) is 0 Å². The van der Waals surface area contributed by atoms with Gasteiger partial charge in [-0.05, 0) is 36.3 Å². The Morgan fingerprint density at radius 2 is 2.11 bits per heavy atom. The maximum Gasteiger partial charge on any atom is 0.363 e. The molecule has 2 aromatic rings. The largest absolute Gasteiger partial charge is 0.494 e. The lowest BCUT2D eigenvalue weighted by molar-refractivity contribution is -0.384. The first-order valence-corrected chi connectivity index (χ1v) is 9.05. The molecule has 7 nitrogen and oxygen atoms in total. The number of ether oxygens (including phenoxy) is 2. The molecule has 0 spiro atoms. The van der Waals surface area contributed by atoms with Crippen LogP contribution in [-0.4, -0.2) is 23.4 Å². The first kappa shape index (κ1) is 19.6. The number of hydrogen-bond donors (Lipinski definition) is 0. The third kappa shape index (κ3) is 4.55. The number of non-ortho nitro benzene ring substituents is 1. The van der Waals surface area contributed by atoms with Crippen LogP contribution >= 0.6 is 11.6 Å². The van der Waals surface area contributed by atoms with Gasteiger partial charge in [-0.15, -0.1) is 0 Å². The molecule has 2 aromatic carbocycles. The fourth-order valence-electron chi connectivity index (χ4n) is 2.50. The summed E-state index contributed by atoms with van der Waals surface area (Å²) in [7, 11) is 0. The van der Waals surface area contributed by atoms with Crippen LogP contribution in [0.15, 0.2) is 53.2 Å². The molecule has 8 heteroatoms. The first-order chi connectivity index (χ1) is 13.5. The second kappa shape index (κ2) is 8.67. The van der Waals surface area contributed by atoms with Crippen molar-refractivity contribution < 1.29 is 19.2 Å². The van der Waals surface area contributed by atoms with E-state index in [1.165, 1.54) is 18.2 Å². The molecule has 0 aliphatic carbocycles. The van der Waals surface area contributed by atoms with E-state index in [1.54, 1.807) is 18.2 Å². The number of cyclic esters (lactones) is 1. The maximum absolute atomic E-state index is 12.2. The number of rotatable bonds is 7. The normalized spacial score (nSPS) is 14.7. The van der Waals surface area contributed by atoms with Gasteiger partial charge in [0.15, 0.2) is 5.70 Å². The van der Waals surface area contributed by atoms with Gasteiger partial charge in [0.2, 0.25) is 5.90 Å². The molecule has 1 aliphatic rings. The van der Waals surface area contributed by atoms with E-state index in [4.69, 9.17) is 21.1 Å². The second-order valence-corrected chi connectivity index (χ2v) is 6.44. The Balaban J connectivity index is 1.87. The van der Waals surface area contributed by atoms with Crippen molar-refractivity contribution in [2.24, 2.45) is 4.99 Å². The third-order valence-corrected chi connectivity index (χ3v) is 4.27. The molecule has 0 radical (unpaired) electrons. The molecule has 1 heterocycles. The van der Waals surface area contributed by atoms with Crippen molar-refractivity contribution in [3.8, 4) is 5.75 Å². The van der Waals surface area contributed by atoms with Gasteiger partial charge in [-0.1, -0.05) is 37.1 Å². The Labute approximate surface area is 166 Å². The van der Waals surface area contributed by atoms with Crippen molar-refractivity contribution in [1.82, 2.24) is 0 Å². The summed E-state index contributed by atoms with van der Waals surface area (Å²) in [4.78, 5) is 26.7. The topological polar surface area (TPSA) is 91.0 Å². The van der Waals surface area contributed by atoms with Crippen LogP contribution < -0.4 is 4.74 Å². The number of carbonyl (C=O) groups is 1. The van der Waals surface area contributed by atoms with E-state index in [9.17, 15) is 14.9 Å². The standard InChI is InChI=1S/C20H17ClN2O5/c1-2-3-9-27-15-6-4-5-13(10-15)11-18-20(24)28-19(22-18)16-12-14(23(25)26)7-8-17(16)21/h4-8,10-12H,2-3,9H2,1H3/b18-11-. The Morgan fingerprint density at radius 1 is 1.29 bits per heavy atom. The number of nitrogens with zero attached hydrogens (tertiary/aromatic N) is 2. The maximum atomic E-state index is 12.2. The lowest BCUT2D eigenvalue weighted by Crippen LogP contribution is -2.06. The van der Waals surface area contributed by atoms with Crippen LogP contribution in [0.25, 0.3) is 6.08 Å². The summed E-state index contributed by atoms with van der Waals surface area (Å²) in [5.41, 5.74) is 0.802. The van der Waals surface area contributed by atoms with E-state index in [0.717, 1.165) is 18.4 Å². The molecule has 3 rings (SSSR count). The molecule has 144 valence electrons. The van der Waals surface area contributed by atoms with E-state index in [-0.39, 0.29) is 27.9 Å². The molecular formula is C20H17ClN2O5. The molecule has 0 unspecified atom stereocenters. The van der Waals surface area contributed by atoms with Gasteiger partial charge in [0.1, 0.15) is 5.75 Å². The summed E-state index contributed by atoms with van der Waals surface area (Å²) in [6.45, 7) is 2.70. The SMILES string of the molecule is CCCCOc1cccc(/C=C2\N=C(c3cc([N+](=O)[O-])ccc3Cl)OC2=O)c1. The lowest BCUT2D eigenvalue weighted by Gasteiger charge is -2.05. The fraction of sp³-hybridized carbons (Fsp3) is 0.200. The number of nitro benzene ring substituents is 1. The van der Waals surface area contributed by atoms with Crippen LogP contribution in [-0.2, 0) is 9.53 Å². The van der Waals surface area contributed by atoms with E-state index >= 15 is 0 Å². The van der Waals surface area contributed by atoms with Gasteiger partial charge in [0.25, 0.3) is 5.69 Å². The number of aliphatic imine (C=N–C) groups is 1. The van der Waals surface area contributed by atoms with Crippen molar-refractivity contribution >= 4 is 35.2 Å². The van der Waals surface area contributed by atoms with Gasteiger partial charge >= 0.3 is 5.97 Å². The van der Waals surface area contributed by atoms with Crippen LogP contribution in [0.5, 0.6) is 5.75 Å². The first-order valence-electron chi connectivity index (χ1n) is 8.67. The van der Waals surface area contributed by atoms with E-state index < -0.39 is 10.9 Å². The number of halogens is 1. The van der Waals surface area contributed by atoms with Gasteiger partial charge in [-0.25, -0.2) is 9.79 Å². The summed E-state index contributed by atoms with van der Waals surface area (Å²) in [5.74, 6) is -0.0322. The Bertz CT molecular complexity index is 984. The Kier molecular flexibility index (Phi) is 6.06. The fourth-order valence-corrected chi connectivity index (χ4v) is 2.70. The van der Waals surface area contributed by atoms with Gasteiger partial charge < -0.3 is 9.47 Å². The van der Waals surface area contributed by atoms with Crippen molar-refractivity contribution in [2.75, 3.05) is 6.61 Å². The highest BCUT2D eigenvalue weighted by Gasteiger charge is 2.27. The highest BCUT2D eigenvalue weighted by molar-refractivity contribution is 6.34. The summed E-state index contributed by atoms with van der Waals surface area (Å²) >= 11 is 6.09. The zero-order chi connectivity index (χ0) is 20.1. The summed E-state index contributed by atoms with van der Waals surface area (Å²) < 4.78 is 10.8. The summed E-state index contributed by atoms with van der Waals surface area (Å²) in [6, 6.07) is 11.1. The molecule has 0 saturated carbocycles. The van der Waals surface area contributed by atoms with Crippen LogP contribution in [0.4, 0.5) is 5.69 Å². The Hall–Kier alpha value is -3.19. The van der Waals surface area contributed by atoms with Crippen LogP contribution in [0.2, 0.25) is 5.02 Å². The van der Waals surface area contributed by atoms with Crippen molar-refractivity contribution in [3.63, 3.8) is 0 Å². The zero-order valence-electron chi connectivity index (χ0n) is 15.1. The number of hydrogen-bond acceptors (Lipinski definition) is 6. The average molecular weight is 401 g/mol. The molecule has 0 aromatic heterocycles. The molecule has 0 fully saturated rings. The zero-order valence-corrected chi connectivity index (χ0v) is 15.8. The second-order valence-electron chi connectivity index (χ2n) is 6.03. The number of nitro groups is 1. The predicted octanol–water partition coefficient (Wildman–Crippen LogP) is 4.77. The molecular weight excluding hydrogens is 384 g/mol.